The smallest absolute Gasteiger partial charge is 0.0880 e. The number of ether oxygens (including phenoxy) is 2. The first-order valence-electron chi connectivity index (χ1n) is 4.62. The van der Waals surface area contributed by atoms with Crippen LogP contribution in [0.3, 0.4) is 0 Å². The van der Waals surface area contributed by atoms with Crippen molar-refractivity contribution in [2.24, 2.45) is 17.3 Å². The molecular formula is C9H12O2. The molecule has 4 fully saturated rings. The van der Waals surface area contributed by atoms with E-state index in [2.05, 4.69) is 0 Å². The van der Waals surface area contributed by atoms with Gasteiger partial charge in [-0.25, -0.2) is 0 Å². The van der Waals surface area contributed by atoms with Gasteiger partial charge in [-0.1, -0.05) is 0 Å². The monoisotopic (exact) mass is 152 g/mol. The van der Waals surface area contributed by atoms with Crippen LogP contribution < -0.4 is 0 Å². The minimum atomic E-state index is 0.600. The Morgan fingerprint density at radius 2 is 2.09 bits per heavy atom. The summed E-state index contributed by atoms with van der Waals surface area (Å²) in [5, 5.41) is 0. The van der Waals surface area contributed by atoms with Crippen molar-refractivity contribution in [3.63, 3.8) is 0 Å². The highest BCUT2D eigenvalue weighted by molar-refractivity contribution is 5.17. The molecule has 0 amide bonds. The average Bonchev–Trinajstić information content (AvgIpc) is 2.55. The van der Waals surface area contributed by atoms with Crippen molar-refractivity contribution >= 4 is 0 Å². The van der Waals surface area contributed by atoms with Gasteiger partial charge in [-0.3, -0.25) is 0 Å². The van der Waals surface area contributed by atoms with Crippen LogP contribution in [0.4, 0.5) is 0 Å². The van der Waals surface area contributed by atoms with Crippen molar-refractivity contribution in [1.82, 2.24) is 0 Å². The molecule has 2 heteroatoms. The fraction of sp³-hybridized carbons (Fsp3) is 1.00. The largest absolute Gasteiger partial charge is 0.380 e. The zero-order chi connectivity index (χ0) is 7.05. The molecule has 4 aliphatic rings. The highest BCUT2D eigenvalue weighted by Crippen LogP contribution is 2.66. The lowest BCUT2D eigenvalue weighted by molar-refractivity contribution is -0.140. The molecule has 2 aliphatic carbocycles. The molecule has 0 aromatic carbocycles. The predicted octanol–water partition coefficient (Wildman–Crippen LogP) is 0.810. The maximum Gasteiger partial charge on any atom is 0.0880 e. The number of hydrogen-bond acceptors (Lipinski definition) is 2. The number of hydrogen-bond donors (Lipinski definition) is 0. The van der Waals surface area contributed by atoms with Gasteiger partial charge in [0, 0.05) is 5.41 Å². The summed E-state index contributed by atoms with van der Waals surface area (Å²) >= 11 is 0. The zero-order valence-corrected chi connectivity index (χ0v) is 6.45. The third-order valence-corrected chi connectivity index (χ3v) is 4.21. The minimum absolute atomic E-state index is 0.600. The van der Waals surface area contributed by atoms with Gasteiger partial charge in [0.25, 0.3) is 0 Å². The molecule has 4 unspecified atom stereocenters. The lowest BCUT2D eigenvalue weighted by Crippen LogP contribution is -2.48. The second-order valence-corrected chi connectivity index (χ2v) is 4.73. The van der Waals surface area contributed by atoms with Crippen LogP contribution >= 0.6 is 0 Å². The van der Waals surface area contributed by atoms with E-state index in [0.717, 1.165) is 25.0 Å². The molecule has 2 saturated heterocycles. The Balaban J connectivity index is 1.76. The van der Waals surface area contributed by atoms with E-state index in [1.54, 1.807) is 0 Å². The average molecular weight is 152 g/mol. The summed E-state index contributed by atoms with van der Waals surface area (Å²) in [6, 6.07) is 0. The highest BCUT2D eigenvalue weighted by Gasteiger charge is 2.70. The van der Waals surface area contributed by atoms with Crippen molar-refractivity contribution < 1.29 is 9.47 Å². The zero-order valence-electron chi connectivity index (χ0n) is 6.45. The maximum absolute atomic E-state index is 5.62. The van der Waals surface area contributed by atoms with E-state index < -0.39 is 0 Å². The first-order valence-corrected chi connectivity index (χ1v) is 4.62. The van der Waals surface area contributed by atoms with Gasteiger partial charge in [-0.15, -0.1) is 0 Å². The van der Waals surface area contributed by atoms with Crippen LogP contribution in [0.5, 0.6) is 0 Å². The first-order chi connectivity index (χ1) is 5.39. The van der Waals surface area contributed by atoms with Crippen LogP contribution in [-0.4, -0.2) is 25.4 Å². The number of rotatable bonds is 0. The van der Waals surface area contributed by atoms with Crippen molar-refractivity contribution in [2.45, 2.75) is 25.0 Å². The summed E-state index contributed by atoms with van der Waals surface area (Å²) in [4.78, 5) is 0. The van der Waals surface area contributed by atoms with Gasteiger partial charge in [0.1, 0.15) is 0 Å². The molecule has 2 aliphatic heterocycles. The van der Waals surface area contributed by atoms with Gasteiger partial charge in [-0.05, 0) is 24.7 Å². The van der Waals surface area contributed by atoms with Crippen molar-refractivity contribution in [2.75, 3.05) is 13.2 Å². The summed E-state index contributed by atoms with van der Waals surface area (Å²) in [7, 11) is 0. The Kier molecular flexibility index (Phi) is 0.695. The Bertz CT molecular complexity index is 222. The van der Waals surface area contributed by atoms with Crippen LogP contribution in [0.15, 0.2) is 0 Å². The van der Waals surface area contributed by atoms with E-state index in [1.807, 2.05) is 0 Å². The normalized spacial score (nSPS) is 61.1. The van der Waals surface area contributed by atoms with Gasteiger partial charge in [0.05, 0.1) is 25.4 Å². The predicted molar refractivity (Wildman–Crippen MR) is 38.1 cm³/mol. The summed E-state index contributed by atoms with van der Waals surface area (Å²) in [6.07, 6.45) is 4.20. The van der Waals surface area contributed by atoms with Crippen LogP contribution in [0, 0.1) is 17.3 Å². The molecule has 2 nitrogen and oxygen atoms in total. The van der Waals surface area contributed by atoms with Crippen LogP contribution in [0.25, 0.3) is 0 Å². The molecule has 0 N–H and O–H groups in total. The van der Waals surface area contributed by atoms with Crippen molar-refractivity contribution in [1.29, 1.82) is 0 Å². The van der Waals surface area contributed by atoms with Crippen LogP contribution in [0.2, 0.25) is 0 Å². The van der Waals surface area contributed by atoms with Gasteiger partial charge in [0.2, 0.25) is 0 Å². The molecule has 1 spiro atoms. The topological polar surface area (TPSA) is 21.8 Å². The lowest BCUT2D eigenvalue weighted by Gasteiger charge is -2.43. The molecule has 0 aromatic rings. The summed E-state index contributed by atoms with van der Waals surface area (Å²) in [5.41, 5.74) is 0.600. The van der Waals surface area contributed by atoms with Gasteiger partial charge in [-0.2, -0.15) is 0 Å². The second kappa shape index (κ2) is 1.38. The van der Waals surface area contributed by atoms with E-state index in [1.165, 1.54) is 12.8 Å². The Labute approximate surface area is 65.9 Å². The van der Waals surface area contributed by atoms with Crippen molar-refractivity contribution in [3.8, 4) is 0 Å². The first kappa shape index (κ1) is 5.55. The molecule has 0 radical (unpaired) electrons. The standard InChI is InChI=1S/C9H12O2/c1-5-2-9(3-10-4-9)6(1)8-7(5)11-8/h5-8H,1-4H2. The Morgan fingerprint density at radius 3 is 2.64 bits per heavy atom. The maximum atomic E-state index is 5.62. The fourth-order valence-corrected chi connectivity index (χ4v) is 3.60. The summed E-state index contributed by atoms with van der Waals surface area (Å²) in [6.45, 7) is 2.06. The van der Waals surface area contributed by atoms with E-state index in [9.17, 15) is 0 Å². The molecule has 0 aromatic heterocycles. The van der Waals surface area contributed by atoms with Gasteiger partial charge >= 0.3 is 0 Å². The third-order valence-electron chi connectivity index (χ3n) is 4.21. The molecule has 11 heavy (non-hydrogen) atoms. The Hall–Kier alpha value is -0.0800. The number of fused-ring (bicyclic) bond motifs is 6. The molecule has 60 valence electrons. The van der Waals surface area contributed by atoms with E-state index in [4.69, 9.17) is 9.47 Å². The molecular weight excluding hydrogens is 140 g/mol. The third kappa shape index (κ3) is 0.456. The summed E-state index contributed by atoms with van der Waals surface area (Å²) in [5.74, 6) is 1.79. The molecule has 2 saturated carbocycles. The molecule has 2 heterocycles. The fourth-order valence-electron chi connectivity index (χ4n) is 3.60. The SMILES string of the molecule is C1C2CC3(COC3)C1C1OC21. The van der Waals surface area contributed by atoms with E-state index in [0.29, 0.717) is 17.6 Å². The summed E-state index contributed by atoms with van der Waals surface area (Å²) < 4.78 is 10.9. The minimum Gasteiger partial charge on any atom is -0.380 e. The highest BCUT2D eigenvalue weighted by atomic mass is 16.6. The van der Waals surface area contributed by atoms with Crippen LogP contribution in [0.1, 0.15) is 12.8 Å². The van der Waals surface area contributed by atoms with Crippen LogP contribution in [-0.2, 0) is 9.47 Å². The number of epoxide rings is 1. The van der Waals surface area contributed by atoms with E-state index in [-0.39, 0.29) is 0 Å². The van der Waals surface area contributed by atoms with Gasteiger partial charge in [0.15, 0.2) is 0 Å². The molecule has 4 atom stereocenters. The van der Waals surface area contributed by atoms with Crippen molar-refractivity contribution in [3.05, 3.63) is 0 Å². The lowest BCUT2D eigenvalue weighted by atomic mass is 9.72. The molecule has 2 bridgehead atoms. The van der Waals surface area contributed by atoms with E-state index >= 15 is 0 Å². The Morgan fingerprint density at radius 1 is 1.18 bits per heavy atom. The second-order valence-electron chi connectivity index (χ2n) is 4.73. The van der Waals surface area contributed by atoms with Gasteiger partial charge < -0.3 is 9.47 Å². The molecule has 4 rings (SSSR count). The quantitative estimate of drug-likeness (QED) is 0.479.